The first-order valence-corrected chi connectivity index (χ1v) is 7.24. The van der Waals surface area contributed by atoms with Crippen molar-refractivity contribution in [2.45, 2.75) is 18.9 Å². The van der Waals surface area contributed by atoms with Crippen molar-refractivity contribution in [1.82, 2.24) is 9.88 Å². The number of anilines is 1. The number of benzene rings is 1. The fourth-order valence-electron chi connectivity index (χ4n) is 3.49. The molecule has 2 aliphatic rings. The maximum Gasteiger partial charge on any atom is 0.0703 e. The highest BCUT2D eigenvalue weighted by Crippen LogP contribution is 2.27. The summed E-state index contributed by atoms with van der Waals surface area (Å²) in [5.41, 5.74) is 2.44. The molecule has 3 heterocycles. The average molecular weight is 253 g/mol. The van der Waals surface area contributed by atoms with E-state index in [1.807, 2.05) is 12.3 Å². The van der Waals surface area contributed by atoms with Gasteiger partial charge in [-0.05, 0) is 43.7 Å². The van der Waals surface area contributed by atoms with Gasteiger partial charge in [0, 0.05) is 42.9 Å². The minimum Gasteiger partial charge on any atom is -0.369 e. The summed E-state index contributed by atoms with van der Waals surface area (Å²) in [4.78, 5) is 9.59. The smallest absolute Gasteiger partial charge is 0.0703 e. The average Bonchev–Trinajstić information content (AvgIpc) is 2.94. The molecule has 2 aliphatic heterocycles. The van der Waals surface area contributed by atoms with Crippen molar-refractivity contribution in [2.75, 3.05) is 31.1 Å². The molecule has 0 spiro atoms. The SMILES string of the molecule is c1cnc2ccc(N3CCN4CCCC4C3)cc2c1. The fourth-order valence-corrected chi connectivity index (χ4v) is 3.49. The predicted molar refractivity (Wildman–Crippen MR) is 78.6 cm³/mol. The molecule has 1 aromatic carbocycles. The van der Waals surface area contributed by atoms with E-state index in [9.17, 15) is 0 Å². The molecule has 0 radical (unpaired) electrons. The van der Waals surface area contributed by atoms with Gasteiger partial charge in [0.05, 0.1) is 5.52 Å². The Hall–Kier alpha value is -1.61. The van der Waals surface area contributed by atoms with E-state index in [4.69, 9.17) is 0 Å². The van der Waals surface area contributed by atoms with E-state index in [1.54, 1.807) is 0 Å². The van der Waals surface area contributed by atoms with Crippen LogP contribution in [0.5, 0.6) is 0 Å². The number of fused-ring (bicyclic) bond motifs is 2. The third-order valence-corrected chi connectivity index (χ3v) is 4.54. The predicted octanol–water partition coefficient (Wildman–Crippen LogP) is 2.52. The zero-order chi connectivity index (χ0) is 12.7. The summed E-state index contributed by atoms with van der Waals surface area (Å²) in [6, 6.07) is 11.6. The van der Waals surface area contributed by atoms with E-state index < -0.39 is 0 Å². The van der Waals surface area contributed by atoms with Gasteiger partial charge in [-0.3, -0.25) is 9.88 Å². The molecule has 1 atom stereocenters. The molecule has 3 heteroatoms. The molecular weight excluding hydrogens is 234 g/mol. The Labute approximate surface area is 113 Å². The van der Waals surface area contributed by atoms with Crippen molar-refractivity contribution in [1.29, 1.82) is 0 Å². The summed E-state index contributed by atoms with van der Waals surface area (Å²) in [6.07, 6.45) is 4.60. The molecule has 3 nitrogen and oxygen atoms in total. The summed E-state index contributed by atoms with van der Waals surface area (Å²) in [7, 11) is 0. The number of nitrogens with zero attached hydrogens (tertiary/aromatic N) is 3. The lowest BCUT2D eigenvalue weighted by Gasteiger charge is -2.38. The van der Waals surface area contributed by atoms with E-state index >= 15 is 0 Å². The van der Waals surface area contributed by atoms with E-state index in [0.717, 1.165) is 18.1 Å². The number of piperazine rings is 1. The fraction of sp³-hybridized carbons (Fsp3) is 0.438. The van der Waals surface area contributed by atoms with Crippen molar-refractivity contribution < 1.29 is 0 Å². The standard InChI is InChI=1S/C16H19N3/c1-3-13-11-14(5-6-16(13)17-7-1)19-10-9-18-8-2-4-15(18)12-19/h1,3,5-7,11,15H,2,4,8-10,12H2. The Balaban J connectivity index is 1.63. The minimum absolute atomic E-state index is 0.776. The highest BCUT2D eigenvalue weighted by atomic mass is 15.3. The second-order valence-corrected chi connectivity index (χ2v) is 5.66. The van der Waals surface area contributed by atoms with Gasteiger partial charge in [-0.15, -0.1) is 0 Å². The second kappa shape index (κ2) is 4.49. The zero-order valence-electron chi connectivity index (χ0n) is 11.1. The van der Waals surface area contributed by atoms with Crippen LogP contribution in [0.1, 0.15) is 12.8 Å². The van der Waals surface area contributed by atoms with E-state index in [0.29, 0.717) is 0 Å². The first kappa shape index (κ1) is 11.2. The Morgan fingerprint density at radius 2 is 2.11 bits per heavy atom. The summed E-state index contributed by atoms with van der Waals surface area (Å²) in [5.74, 6) is 0. The number of rotatable bonds is 1. The molecule has 0 amide bonds. The molecule has 2 fully saturated rings. The van der Waals surface area contributed by atoms with Crippen molar-refractivity contribution in [2.24, 2.45) is 0 Å². The highest BCUT2D eigenvalue weighted by molar-refractivity contribution is 5.82. The van der Waals surface area contributed by atoms with Gasteiger partial charge in [0.1, 0.15) is 0 Å². The van der Waals surface area contributed by atoms with Gasteiger partial charge in [-0.1, -0.05) is 6.07 Å². The lowest BCUT2D eigenvalue weighted by molar-refractivity contribution is 0.231. The van der Waals surface area contributed by atoms with E-state index in [2.05, 4.69) is 39.0 Å². The maximum atomic E-state index is 4.39. The molecule has 19 heavy (non-hydrogen) atoms. The van der Waals surface area contributed by atoms with Crippen LogP contribution in [0.4, 0.5) is 5.69 Å². The molecule has 0 bridgehead atoms. The highest BCUT2D eigenvalue weighted by Gasteiger charge is 2.30. The topological polar surface area (TPSA) is 19.4 Å². The summed E-state index contributed by atoms with van der Waals surface area (Å²) >= 11 is 0. The Kier molecular flexibility index (Phi) is 2.66. The summed E-state index contributed by atoms with van der Waals surface area (Å²) < 4.78 is 0. The number of hydrogen-bond acceptors (Lipinski definition) is 3. The van der Waals surface area contributed by atoms with Gasteiger partial charge in [0.15, 0.2) is 0 Å². The molecule has 2 aromatic rings. The second-order valence-electron chi connectivity index (χ2n) is 5.66. The van der Waals surface area contributed by atoms with Crippen LogP contribution in [0.2, 0.25) is 0 Å². The lowest BCUT2D eigenvalue weighted by Crippen LogP contribution is -2.50. The van der Waals surface area contributed by atoms with E-state index in [1.165, 1.54) is 43.5 Å². The third kappa shape index (κ3) is 1.98. The van der Waals surface area contributed by atoms with Gasteiger partial charge in [-0.25, -0.2) is 0 Å². The van der Waals surface area contributed by atoms with Crippen LogP contribution < -0.4 is 4.90 Å². The number of pyridine rings is 1. The number of aromatic nitrogens is 1. The van der Waals surface area contributed by atoms with Crippen molar-refractivity contribution >= 4 is 16.6 Å². The Morgan fingerprint density at radius 1 is 1.11 bits per heavy atom. The van der Waals surface area contributed by atoms with Gasteiger partial charge in [0.2, 0.25) is 0 Å². The molecule has 2 saturated heterocycles. The van der Waals surface area contributed by atoms with Gasteiger partial charge in [-0.2, -0.15) is 0 Å². The van der Waals surface area contributed by atoms with Crippen molar-refractivity contribution in [3.63, 3.8) is 0 Å². The minimum atomic E-state index is 0.776. The Bertz CT molecular complexity index is 595. The Morgan fingerprint density at radius 3 is 3.11 bits per heavy atom. The summed E-state index contributed by atoms with van der Waals surface area (Å²) in [6.45, 7) is 4.87. The molecule has 4 rings (SSSR count). The lowest BCUT2D eigenvalue weighted by atomic mass is 10.1. The largest absolute Gasteiger partial charge is 0.369 e. The van der Waals surface area contributed by atoms with Gasteiger partial charge in [0.25, 0.3) is 0 Å². The van der Waals surface area contributed by atoms with Gasteiger partial charge >= 0.3 is 0 Å². The summed E-state index contributed by atoms with van der Waals surface area (Å²) in [5, 5.41) is 1.24. The maximum absolute atomic E-state index is 4.39. The van der Waals surface area contributed by atoms with Crippen LogP contribution in [0.3, 0.4) is 0 Å². The van der Waals surface area contributed by atoms with Crippen molar-refractivity contribution in [3.05, 3.63) is 36.5 Å². The zero-order valence-corrected chi connectivity index (χ0v) is 11.1. The molecule has 1 unspecified atom stereocenters. The normalized spacial score (nSPS) is 23.8. The van der Waals surface area contributed by atoms with E-state index in [-0.39, 0.29) is 0 Å². The monoisotopic (exact) mass is 253 g/mol. The van der Waals surface area contributed by atoms with Crippen LogP contribution in [-0.2, 0) is 0 Å². The molecular formula is C16H19N3. The molecule has 0 N–H and O–H groups in total. The first-order chi connectivity index (χ1) is 9.40. The number of hydrogen-bond donors (Lipinski definition) is 0. The molecule has 98 valence electrons. The van der Waals surface area contributed by atoms with Gasteiger partial charge < -0.3 is 4.90 Å². The first-order valence-electron chi connectivity index (χ1n) is 7.24. The molecule has 0 aliphatic carbocycles. The van der Waals surface area contributed by atoms with Crippen LogP contribution >= 0.6 is 0 Å². The third-order valence-electron chi connectivity index (χ3n) is 4.54. The van der Waals surface area contributed by atoms with Crippen molar-refractivity contribution in [3.8, 4) is 0 Å². The van der Waals surface area contributed by atoms with Crippen LogP contribution in [0.15, 0.2) is 36.5 Å². The van der Waals surface area contributed by atoms with Crippen LogP contribution in [0, 0.1) is 0 Å². The molecule has 1 aromatic heterocycles. The quantitative estimate of drug-likeness (QED) is 0.778. The van der Waals surface area contributed by atoms with Crippen LogP contribution in [-0.4, -0.2) is 42.1 Å². The van der Waals surface area contributed by atoms with Crippen LogP contribution in [0.25, 0.3) is 10.9 Å². The molecule has 0 saturated carbocycles.